The molecular formula is C11H17ClN2O. The number of hydrogen-bond donors (Lipinski definition) is 1. The molecule has 0 aliphatic carbocycles. The van der Waals surface area contributed by atoms with Crippen molar-refractivity contribution in [3.05, 3.63) is 26.6 Å². The van der Waals surface area contributed by atoms with Crippen molar-refractivity contribution in [2.45, 2.75) is 40.2 Å². The lowest BCUT2D eigenvalue weighted by Gasteiger charge is -2.26. The highest BCUT2D eigenvalue weighted by molar-refractivity contribution is 6.32. The molecular weight excluding hydrogens is 212 g/mol. The summed E-state index contributed by atoms with van der Waals surface area (Å²) in [5.74, 6) is 0. The molecule has 0 unspecified atom stereocenters. The first-order valence-electron chi connectivity index (χ1n) is 4.85. The Morgan fingerprint density at radius 1 is 1.27 bits per heavy atom. The van der Waals surface area contributed by atoms with Crippen molar-refractivity contribution in [1.29, 1.82) is 0 Å². The molecule has 84 valence electrons. The van der Waals surface area contributed by atoms with Gasteiger partial charge in [0.05, 0.1) is 5.02 Å². The van der Waals surface area contributed by atoms with E-state index >= 15 is 0 Å². The van der Waals surface area contributed by atoms with Gasteiger partial charge >= 0.3 is 0 Å². The summed E-state index contributed by atoms with van der Waals surface area (Å²) < 4.78 is 1.64. The van der Waals surface area contributed by atoms with Gasteiger partial charge in [-0.3, -0.25) is 4.79 Å². The minimum atomic E-state index is -0.313. The van der Waals surface area contributed by atoms with Crippen LogP contribution in [0.25, 0.3) is 0 Å². The van der Waals surface area contributed by atoms with Gasteiger partial charge in [0.2, 0.25) is 0 Å². The molecule has 4 heteroatoms. The zero-order valence-electron chi connectivity index (χ0n) is 9.81. The largest absolute Gasteiger partial charge is 0.394 e. The lowest BCUT2D eigenvalue weighted by atomic mass is 10.1. The first kappa shape index (κ1) is 12.1. The van der Waals surface area contributed by atoms with E-state index in [0.717, 1.165) is 5.69 Å². The van der Waals surface area contributed by atoms with Gasteiger partial charge in [0.15, 0.2) is 0 Å². The average Bonchev–Trinajstić information content (AvgIpc) is 2.09. The second-order valence-electron chi connectivity index (χ2n) is 4.75. The van der Waals surface area contributed by atoms with Gasteiger partial charge in [-0.25, -0.2) is 0 Å². The maximum atomic E-state index is 12.0. The molecule has 2 N–H and O–H groups in total. The van der Waals surface area contributed by atoms with Crippen molar-refractivity contribution in [3.63, 3.8) is 0 Å². The maximum absolute atomic E-state index is 12.0. The molecule has 1 rings (SSSR count). The summed E-state index contributed by atoms with van der Waals surface area (Å²) in [5.41, 5.74) is 6.92. The summed E-state index contributed by atoms with van der Waals surface area (Å²) in [5, 5.41) is 0.571. The lowest BCUT2D eigenvalue weighted by molar-refractivity contribution is 0.376. The molecule has 0 saturated carbocycles. The van der Waals surface area contributed by atoms with Crippen LogP contribution in [0, 0.1) is 13.8 Å². The molecule has 3 nitrogen and oxygen atoms in total. The summed E-state index contributed by atoms with van der Waals surface area (Å²) in [4.78, 5) is 12.0. The summed E-state index contributed by atoms with van der Waals surface area (Å²) >= 11 is 6.13. The van der Waals surface area contributed by atoms with Crippen LogP contribution in [-0.4, -0.2) is 4.57 Å². The standard InChI is InChI=1S/C11H17ClN2O/c1-6-8(12)7(2)14(11(3,4)5)10(15)9(6)13/h13H2,1-5H3. The Morgan fingerprint density at radius 2 is 1.73 bits per heavy atom. The van der Waals surface area contributed by atoms with E-state index in [9.17, 15) is 4.79 Å². The van der Waals surface area contributed by atoms with Crippen molar-refractivity contribution >= 4 is 17.3 Å². The molecule has 15 heavy (non-hydrogen) atoms. The Hall–Kier alpha value is -0.960. The van der Waals surface area contributed by atoms with Crippen LogP contribution < -0.4 is 11.3 Å². The van der Waals surface area contributed by atoms with Gasteiger partial charge in [0, 0.05) is 11.2 Å². The van der Waals surface area contributed by atoms with Crippen molar-refractivity contribution in [1.82, 2.24) is 4.57 Å². The number of anilines is 1. The second-order valence-corrected chi connectivity index (χ2v) is 5.13. The fourth-order valence-electron chi connectivity index (χ4n) is 1.73. The number of pyridine rings is 1. The third kappa shape index (κ3) is 1.88. The van der Waals surface area contributed by atoms with Gasteiger partial charge in [-0.15, -0.1) is 0 Å². The number of nitrogens with zero attached hydrogens (tertiary/aromatic N) is 1. The van der Waals surface area contributed by atoms with Crippen molar-refractivity contribution in [2.75, 3.05) is 5.73 Å². The highest BCUT2D eigenvalue weighted by Crippen LogP contribution is 2.25. The summed E-state index contributed by atoms with van der Waals surface area (Å²) in [7, 11) is 0. The van der Waals surface area contributed by atoms with Crippen LogP contribution in [0.15, 0.2) is 4.79 Å². The Kier molecular flexibility index (Phi) is 2.88. The predicted octanol–water partition coefficient (Wildman–Crippen LogP) is 2.46. The van der Waals surface area contributed by atoms with E-state index in [1.807, 2.05) is 27.7 Å². The highest BCUT2D eigenvalue weighted by Gasteiger charge is 2.21. The monoisotopic (exact) mass is 228 g/mol. The molecule has 0 aliphatic rings. The summed E-state index contributed by atoms with van der Waals surface area (Å²) in [6.45, 7) is 9.45. The van der Waals surface area contributed by atoms with Gasteiger partial charge in [-0.1, -0.05) is 11.6 Å². The topological polar surface area (TPSA) is 48.0 Å². The molecule has 0 bridgehead atoms. The van der Waals surface area contributed by atoms with E-state index in [1.165, 1.54) is 0 Å². The van der Waals surface area contributed by atoms with Crippen LogP contribution in [0.5, 0.6) is 0 Å². The maximum Gasteiger partial charge on any atom is 0.274 e. The second kappa shape index (κ2) is 3.56. The average molecular weight is 229 g/mol. The zero-order valence-corrected chi connectivity index (χ0v) is 10.6. The van der Waals surface area contributed by atoms with Crippen molar-refractivity contribution in [2.24, 2.45) is 0 Å². The molecule has 0 spiro atoms. The molecule has 1 heterocycles. The van der Waals surface area contributed by atoms with Gasteiger partial charge in [0.25, 0.3) is 5.56 Å². The number of hydrogen-bond acceptors (Lipinski definition) is 2. The molecule has 0 saturated heterocycles. The van der Waals surface area contributed by atoms with Crippen LogP contribution in [0.4, 0.5) is 5.69 Å². The molecule has 0 radical (unpaired) electrons. The molecule has 1 aromatic heterocycles. The SMILES string of the molecule is Cc1c(Cl)c(C)n(C(C)(C)C)c(=O)c1N. The summed E-state index contributed by atoms with van der Waals surface area (Å²) in [6, 6.07) is 0. The fourth-order valence-corrected chi connectivity index (χ4v) is 1.91. The Labute approximate surface area is 94.9 Å². The smallest absolute Gasteiger partial charge is 0.274 e. The normalized spacial score (nSPS) is 11.9. The zero-order chi connectivity index (χ0) is 12.0. The fraction of sp³-hybridized carbons (Fsp3) is 0.545. The highest BCUT2D eigenvalue weighted by atomic mass is 35.5. The van der Waals surface area contributed by atoms with E-state index in [0.29, 0.717) is 10.6 Å². The molecule has 0 atom stereocenters. The van der Waals surface area contributed by atoms with Crippen LogP contribution in [0.3, 0.4) is 0 Å². The molecule has 0 aromatic carbocycles. The quantitative estimate of drug-likeness (QED) is 0.742. The number of nitrogens with two attached hydrogens (primary N) is 1. The Bertz CT molecular complexity index is 455. The van der Waals surface area contributed by atoms with Gasteiger partial charge in [-0.05, 0) is 40.2 Å². The van der Waals surface area contributed by atoms with Crippen LogP contribution in [-0.2, 0) is 5.54 Å². The van der Waals surface area contributed by atoms with Crippen LogP contribution in [0.1, 0.15) is 32.0 Å². The number of rotatable bonds is 0. The van der Waals surface area contributed by atoms with Crippen molar-refractivity contribution < 1.29 is 0 Å². The van der Waals surface area contributed by atoms with Gasteiger partial charge in [0.1, 0.15) is 5.69 Å². The minimum absolute atomic E-state index is 0.165. The third-order valence-corrected chi connectivity index (χ3v) is 3.05. The lowest BCUT2D eigenvalue weighted by Crippen LogP contribution is -2.37. The minimum Gasteiger partial charge on any atom is -0.394 e. The van der Waals surface area contributed by atoms with Crippen LogP contribution in [0.2, 0.25) is 5.02 Å². The van der Waals surface area contributed by atoms with E-state index in [4.69, 9.17) is 17.3 Å². The first-order valence-corrected chi connectivity index (χ1v) is 5.23. The Morgan fingerprint density at radius 3 is 2.13 bits per heavy atom. The molecule has 0 amide bonds. The first-order chi connectivity index (χ1) is 6.68. The number of aromatic nitrogens is 1. The van der Waals surface area contributed by atoms with E-state index in [1.54, 1.807) is 11.5 Å². The Balaban J connectivity index is 3.77. The van der Waals surface area contributed by atoms with E-state index in [-0.39, 0.29) is 16.8 Å². The number of halogens is 1. The van der Waals surface area contributed by atoms with E-state index in [2.05, 4.69) is 0 Å². The van der Waals surface area contributed by atoms with Crippen molar-refractivity contribution in [3.8, 4) is 0 Å². The third-order valence-electron chi connectivity index (χ3n) is 2.49. The molecule has 0 fully saturated rings. The summed E-state index contributed by atoms with van der Waals surface area (Å²) in [6.07, 6.45) is 0. The predicted molar refractivity (Wildman–Crippen MR) is 64.6 cm³/mol. The van der Waals surface area contributed by atoms with Gasteiger partial charge < -0.3 is 10.3 Å². The van der Waals surface area contributed by atoms with Crippen LogP contribution >= 0.6 is 11.6 Å². The molecule has 1 aromatic rings. The number of nitrogen functional groups attached to an aromatic ring is 1. The van der Waals surface area contributed by atoms with Gasteiger partial charge in [-0.2, -0.15) is 0 Å². The molecule has 0 aliphatic heterocycles. The van der Waals surface area contributed by atoms with E-state index < -0.39 is 0 Å².